The van der Waals surface area contributed by atoms with Crippen LogP contribution in [0.5, 0.6) is 5.75 Å². The van der Waals surface area contributed by atoms with E-state index in [9.17, 15) is 13.2 Å². The molecule has 1 aliphatic heterocycles. The summed E-state index contributed by atoms with van der Waals surface area (Å²) in [5, 5.41) is 2.86. The normalized spacial score (nSPS) is 19.7. The number of benzene rings is 1. The van der Waals surface area contributed by atoms with Crippen LogP contribution in [0.1, 0.15) is 18.9 Å². The molecule has 1 heterocycles. The lowest BCUT2D eigenvalue weighted by atomic mass is 10.2. The average molecular weight is 340 g/mol. The van der Waals surface area contributed by atoms with E-state index in [0.29, 0.717) is 19.6 Å². The van der Waals surface area contributed by atoms with Gasteiger partial charge in [-0.2, -0.15) is 0 Å². The third-order valence-corrected chi connectivity index (χ3v) is 5.72. The van der Waals surface area contributed by atoms with Gasteiger partial charge in [0.05, 0.1) is 24.7 Å². The quantitative estimate of drug-likeness (QED) is 0.795. The molecule has 2 rings (SSSR count). The van der Waals surface area contributed by atoms with Crippen molar-refractivity contribution < 1.29 is 17.9 Å². The zero-order valence-electron chi connectivity index (χ0n) is 13.6. The number of nitrogens with zero attached hydrogens (tertiary/aromatic N) is 1. The molecule has 0 radical (unpaired) electrons. The Balaban J connectivity index is 1.83. The fourth-order valence-corrected chi connectivity index (χ4v) is 4.48. The molecule has 1 atom stereocenters. The Kier molecular flexibility index (Phi) is 6.01. The van der Waals surface area contributed by atoms with Gasteiger partial charge in [-0.3, -0.25) is 9.69 Å². The lowest BCUT2D eigenvalue weighted by Gasteiger charge is -2.22. The van der Waals surface area contributed by atoms with E-state index in [1.807, 2.05) is 36.1 Å². The summed E-state index contributed by atoms with van der Waals surface area (Å²) in [7, 11) is -1.14. The first kappa shape index (κ1) is 17.7. The molecule has 0 aromatic heterocycles. The van der Waals surface area contributed by atoms with Crippen LogP contribution in [-0.4, -0.2) is 57.0 Å². The van der Waals surface area contributed by atoms with Gasteiger partial charge in [0.2, 0.25) is 5.91 Å². The van der Waals surface area contributed by atoms with E-state index in [0.717, 1.165) is 11.3 Å². The minimum Gasteiger partial charge on any atom is -0.494 e. The van der Waals surface area contributed by atoms with Crippen LogP contribution in [0.25, 0.3) is 0 Å². The largest absolute Gasteiger partial charge is 0.494 e. The molecular weight excluding hydrogens is 316 g/mol. The topological polar surface area (TPSA) is 75.7 Å². The molecule has 1 unspecified atom stereocenters. The van der Waals surface area contributed by atoms with Crippen molar-refractivity contribution in [3.8, 4) is 5.75 Å². The highest BCUT2D eigenvalue weighted by atomic mass is 32.2. The molecule has 1 amide bonds. The van der Waals surface area contributed by atoms with Gasteiger partial charge in [-0.05, 0) is 26.5 Å². The Labute approximate surface area is 137 Å². The van der Waals surface area contributed by atoms with Crippen molar-refractivity contribution in [2.45, 2.75) is 25.9 Å². The summed E-state index contributed by atoms with van der Waals surface area (Å²) in [4.78, 5) is 13.9. The molecule has 1 aromatic rings. The third kappa shape index (κ3) is 5.21. The molecule has 1 aromatic carbocycles. The van der Waals surface area contributed by atoms with Crippen LogP contribution in [0.3, 0.4) is 0 Å². The number of amides is 1. The predicted molar refractivity (Wildman–Crippen MR) is 89.1 cm³/mol. The number of nitrogens with one attached hydrogen (secondary N) is 1. The molecule has 6 nitrogen and oxygen atoms in total. The Morgan fingerprint density at radius 2 is 2.13 bits per heavy atom. The zero-order chi connectivity index (χ0) is 16.9. The summed E-state index contributed by atoms with van der Waals surface area (Å²) >= 11 is 0. The third-order valence-electron chi connectivity index (χ3n) is 3.97. The van der Waals surface area contributed by atoms with Gasteiger partial charge >= 0.3 is 0 Å². The van der Waals surface area contributed by atoms with Crippen molar-refractivity contribution in [1.82, 2.24) is 10.2 Å². The van der Waals surface area contributed by atoms with Crippen molar-refractivity contribution in [2.24, 2.45) is 0 Å². The van der Waals surface area contributed by atoms with E-state index in [1.54, 1.807) is 7.05 Å². The second-order valence-corrected chi connectivity index (χ2v) is 8.02. The van der Waals surface area contributed by atoms with Gasteiger partial charge in [-0.25, -0.2) is 8.42 Å². The number of carbonyl (C=O) groups is 1. The van der Waals surface area contributed by atoms with Crippen LogP contribution >= 0.6 is 0 Å². The van der Waals surface area contributed by atoms with Gasteiger partial charge in [-0.1, -0.05) is 18.2 Å². The Morgan fingerprint density at radius 3 is 2.78 bits per heavy atom. The van der Waals surface area contributed by atoms with Crippen molar-refractivity contribution in [2.75, 3.05) is 31.7 Å². The van der Waals surface area contributed by atoms with Crippen LogP contribution in [0, 0.1) is 0 Å². The zero-order valence-corrected chi connectivity index (χ0v) is 14.4. The maximum Gasteiger partial charge on any atom is 0.234 e. The summed E-state index contributed by atoms with van der Waals surface area (Å²) in [5.74, 6) is 1.00. The molecule has 7 heteroatoms. The van der Waals surface area contributed by atoms with Crippen LogP contribution in [0.4, 0.5) is 0 Å². The summed E-state index contributed by atoms with van der Waals surface area (Å²) in [6, 6.07) is 7.52. The van der Waals surface area contributed by atoms with Gasteiger partial charge in [0.1, 0.15) is 5.75 Å². The highest BCUT2D eigenvalue weighted by Crippen LogP contribution is 2.18. The van der Waals surface area contributed by atoms with E-state index >= 15 is 0 Å². The molecule has 1 saturated heterocycles. The minimum atomic E-state index is -2.93. The number of sulfone groups is 1. The molecule has 0 spiro atoms. The molecule has 128 valence electrons. The first-order chi connectivity index (χ1) is 10.9. The molecular formula is C16H24N2O4S. The molecule has 1 N–H and O–H groups in total. The Morgan fingerprint density at radius 1 is 1.39 bits per heavy atom. The van der Waals surface area contributed by atoms with Crippen LogP contribution in [0.15, 0.2) is 24.3 Å². The average Bonchev–Trinajstić information content (AvgIpc) is 2.87. The van der Waals surface area contributed by atoms with Crippen LogP contribution in [0.2, 0.25) is 0 Å². The standard InChI is InChI=1S/C16H24N2O4S/c1-3-22-15-7-5-4-6-13(15)10-17-16(19)11-18(2)14-8-9-23(20,21)12-14/h4-7,14H,3,8-12H2,1-2H3,(H,17,19). The highest BCUT2D eigenvalue weighted by molar-refractivity contribution is 7.91. The lowest BCUT2D eigenvalue weighted by Crippen LogP contribution is -2.41. The second-order valence-electron chi connectivity index (χ2n) is 5.79. The fourth-order valence-electron chi connectivity index (χ4n) is 2.67. The first-order valence-corrected chi connectivity index (χ1v) is 9.61. The number of ether oxygens (including phenoxy) is 1. The van der Waals surface area contributed by atoms with Gasteiger partial charge in [0, 0.05) is 18.2 Å². The van der Waals surface area contributed by atoms with E-state index in [-0.39, 0.29) is 30.0 Å². The lowest BCUT2D eigenvalue weighted by molar-refractivity contribution is -0.122. The van der Waals surface area contributed by atoms with Gasteiger partial charge < -0.3 is 10.1 Å². The number of likely N-dealkylation sites (N-methyl/N-ethyl adjacent to an activating group) is 1. The smallest absolute Gasteiger partial charge is 0.234 e. The summed E-state index contributed by atoms with van der Waals surface area (Å²) in [6.45, 7) is 3.08. The monoisotopic (exact) mass is 340 g/mol. The number of para-hydroxylation sites is 1. The Hall–Kier alpha value is -1.60. The number of rotatable bonds is 7. The fraction of sp³-hybridized carbons (Fsp3) is 0.562. The van der Waals surface area contributed by atoms with Gasteiger partial charge in [0.25, 0.3) is 0 Å². The van der Waals surface area contributed by atoms with Crippen LogP contribution < -0.4 is 10.1 Å². The molecule has 1 aliphatic rings. The summed E-state index contributed by atoms with van der Waals surface area (Å²) in [5.41, 5.74) is 0.925. The molecule has 0 aliphatic carbocycles. The number of carbonyl (C=O) groups excluding carboxylic acids is 1. The number of hydrogen-bond donors (Lipinski definition) is 1. The SMILES string of the molecule is CCOc1ccccc1CNC(=O)CN(C)C1CCS(=O)(=O)C1. The van der Waals surface area contributed by atoms with Crippen molar-refractivity contribution in [3.63, 3.8) is 0 Å². The molecule has 1 fully saturated rings. The first-order valence-electron chi connectivity index (χ1n) is 7.79. The molecule has 0 bridgehead atoms. The molecule has 0 saturated carbocycles. The van der Waals surface area contributed by atoms with E-state index in [2.05, 4.69) is 5.32 Å². The maximum atomic E-state index is 12.1. The minimum absolute atomic E-state index is 0.0681. The predicted octanol–water partition coefficient (Wildman–Crippen LogP) is 0.820. The van der Waals surface area contributed by atoms with Crippen molar-refractivity contribution in [1.29, 1.82) is 0 Å². The van der Waals surface area contributed by atoms with E-state index in [4.69, 9.17) is 4.74 Å². The highest BCUT2D eigenvalue weighted by Gasteiger charge is 2.31. The van der Waals surface area contributed by atoms with E-state index < -0.39 is 9.84 Å². The summed E-state index contributed by atoms with van der Waals surface area (Å²) < 4.78 is 28.5. The van der Waals surface area contributed by atoms with Crippen molar-refractivity contribution >= 4 is 15.7 Å². The molecule has 23 heavy (non-hydrogen) atoms. The Bertz CT molecular complexity index is 645. The second kappa shape index (κ2) is 7.79. The van der Waals surface area contributed by atoms with Gasteiger partial charge in [0.15, 0.2) is 9.84 Å². The maximum absolute atomic E-state index is 12.1. The summed E-state index contributed by atoms with van der Waals surface area (Å²) in [6.07, 6.45) is 0.597. The van der Waals surface area contributed by atoms with Crippen molar-refractivity contribution in [3.05, 3.63) is 29.8 Å². The van der Waals surface area contributed by atoms with Gasteiger partial charge in [-0.15, -0.1) is 0 Å². The van der Waals surface area contributed by atoms with Crippen LogP contribution in [-0.2, 0) is 21.2 Å². The van der Waals surface area contributed by atoms with E-state index in [1.165, 1.54) is 0 Å². The number of hydrogen-bond acceptors (Lipinski definition) is 5.